The molecule has 2 heterocycles. The molecular weight excluding hydrogens is 327 g/mol. The molecule has 2 amide bonds. The van der Waals surface area contributed by atoms with E-state index in [-0.39, 0.29) is 17.9 Å². The monoisotopic (exact) mass is 348 g/mol. The minimum atomic E-state index is -0.229. The van der Waals surface area contributed by atoms with Gasteiger partial charge in [-0.25, -0.2) is 14.2 Å². The molecule has 1 aromatic carbocycles. The number of carbonyl (C=O) groups excluding carboxylic acids is 1. The number of amides is 2. The number of carbonyl (C=O) groups is 1. The first-order valence-corrected chi connectivity index (χ1v) is 8.84. The molecule has 0 atom stereocenters. The van der Waals surface area contributed by atoms with E-state index in [1.54, 1.807) is 12.1 Å². The summed E-state index contributed by atoms with van der Waals surface area (Å²) < 4.78 is 13.3. The van der Waals surface area contributed by atoms with E-state index in [0.29, 0.717) is 11.7 Å². The zero-order chi connectivity index (χ0) is 17.1. The normalized spacial score (nSPS) is 14.5. The third-order valence-electron chi connectivity index (χ3n) is 3.75. The van der Waals surface area contributed by atoms with Crippen LogP contribution >= 0.6 is 11.3 Å². The summed E-state index contributed by atoms with van der Waals surface area (Å²) in [5.74, 6) is -0.203. The zero-order valence-corrected chi connectivity index (χ0v) is 14.6. The van der Waals surface area contributed by atoms with Crippen LogP contribution in [0.15, 0.2) is 24.3 Å². The number of fused-ring (bicyclic) bond motifs is 1. The van der Waals surface area contributed by atoms with Crippen LogP contribution in [0.1, 0.15) is 30.0 Å². The molecule has 0 saturated carbocycles. The van der Waals surface area contributed by atoms with Crippen LogP contribution in [0.2, 0.25) is 0 Å². The lowest BCUT2D eigenvalue weighted by molar-refractivity contribution is 0.246. The topological polar surface area (TPSA) is 57.3 Å². The number of halogens is 1. The second-order valence-corrected chi connectivity index (χ2v) is 7.32. The molecule has 5 nitrogen and oxygen atoms in total. The Morgan fingerprint density at radius 1 is 1.46 bits per heavy atom. The van der Waals surface area contributed by atoms with Gasteiger partial charge in [-0.05, 0) is 31.5 Å². The third kappa shape index (κ3) is 4.30. The van der Waals surface area contributed by atoms with Gasteiger partial charge in [-0.2, -0.15) is 0 Å². The van der Waals surface area contributed by atoms with Crippen LogP contribution in [-0.4, -0.2) is 28.5 Å². The molecule has 0 spiro atoms. The number of thiazole rings is 1. The average Bonchev–Trinajstić information content (AvgIpc) is 2.87. The van der Waals surface area contributed by atoms with E-state index >= 15 is 0 Å². The number of urea groups is 1. The lowest BCUT2D eigenvalue weighted by Crippen LogP contribution is -2.34. The number of rotatable bonds is 4. The first-order valence-electron chi connectivity index (χ1n) is 8.02. The maximum absolute atomic E-state index is 13.3. The SMILES string of the molecule is CC(C)NC(=O)Nc1nc2c(s1)CN(Cc1cccc(F)c1)CC2. The number of nitrogens with one attached hydrogen (secondary N) is 2. The molecule has 2 N–H and O–H groups in total. The Morgan fingerprint density at radius 3 is 3.04 bits per heavy atom. The Labute approximate surface area is 144 Å². The van der Waals surface area contributed by atoms with Gasteiger partial charge in [0.1, 0.15) is 5.82 Å². The molecular formula is C17H21FN4OS. The fourth-order valence-corrected chi connectivity index (χ4v) is 3.77. The summed E-state index contributed by atoms with van der Waals surface area (Å²) in [6.45, 7) is 6.20. The summed E-state index contributed by atoms with van der Waals surface area (Å²) in [5.41, 5.74) is 2.02. The van der Waals surface area contributed by atoms with Crippen molar-refractivity contribution in [3.8, 4) is 0 Å². The third-order valence-corrected chi connectivity index (χ3v) is 4.74. The molecule has 128 valence electrons. The number of aromatic nitrogens is 1. The Balaban J connectivity index is 1.62. The van der Waals surface area contributed by atoms with Crippen molar-refractivity contribution in [1.82, 2.24) is 15.2 Å². The van der Waals surface area contributed by atoms with Gasteiger partial charge in [-0.1, -0.05) is 12.1 Å². The quantitative estimate of drug-likeness (QED) is 0.891. The Hall–Kier alpha value is -1.99. The maximum atomic E-state index is 13.3. The lowest BCUT2D eigenvalue weighted by atomic mass is 10.1. The van der Waals surface area contributed by atoms with Crippen molar-refractivity contribution in [3.63, 3.8) is 0 Å². The molecule has 2 aromatic rings. The fraction of sp³-hybridized carbons (Fsp3) is 0.412. The summed E-state index contributed by atoms with van der Waals surface area (Å²) in [6, 6.07) is 6.57. The molecule has 0 saturated heterocycles. The van der Waals surface area contributed by atoms with Crippen LogP contribution in [0, 0.1) is 5.82 Å². The Morgan fingerprint density at radius 2 is 2.29 bits per heavy atom. The van der Waals surface area contributed by atoms with Crippen LogP contribution in [0.25, 0.3) is 0 Å². The van der Waals surface area contributed by atoms with Crippen LogP contribution in [-0.2, 0) is 19.5 Å². The van der Waals surface area contributed by atoms with Gasteiger partial charge < -0.3 is 5.32 Å². The minimum absolute atomic E-state index is 0.0846. The predicted octanol–water partition coefficient (Wildman–Crippen LogP) is 3.37. The van der Waals surface area contributed by atoms with E-state index in [2.05, 4.69) is 20.5 Å². The van der Waals surface area contributed by atoms with E-state index < -0.39 is 0 Å². The number of hydrogen-bond acceptors (Lipinski definition) is 4. The summed E-state index contributed by atoms with van der Waals surface area (Å²) >= 11 is 1.51. The summed E-state index contributed by atoms with van der Waals surface area (Å²) in [5, 5.41) is 6.21. The molecule has 1 aliphatic heterocycles. The van der Waals surface area contributed by atoms with Gasteiger partial charge in [-0.3, -0.25) is 10.2 Å². The summed E-state index contributed by atoms with van der Waals surface area (Å²) in [7, 11) is 0. The van der Waals surface area contributed by atoms with Crippen molar-refractivity contribution in [2.24, 2.45) is 0 Å². The molecule has 3 rings (SSSR count). The highest BCUT2D eigenvalue weighted by molar-refractivity contribution is 7.15. The Bertz CT molecular complexity index is 731. The van der Waals surface area contributed by atoms with E-state index in [1.165, 1.54) is 17.4 Å². The van der Waals surface area contributed by atoms with E-state index in [9.17, 15) is 9.18 Å². The second-order valence-electron chi connectivity index (χ2n) is 6.23. The molecule has 1 aliphatic rings. The fourth-order valence-electron chi connectivity index (χ4n) is 2.73. The molecule has 0 bridgehead atoms. The second kappa shape index (κ2) is 7.27. The van der Waals surface area contributed by atoms with Gasteiger partial charge in [0.15, 0.2) is 5.13 Å². The zero-order valence-electron chi connectivity index (χ0n) is 13.8. The lowest BCUT2D eigenvalue weighted by Gasteiger charge is -2.25. The van der Waals surface area contributed by atoms with Gasteiger partial charge in [0.05, 0.1) is 5.69 Å². The molecule has 7 heteroatoms. The van der Waals surface area contributed by atoms with Gasteiger partial charge >= 0.3 is 6.03 Å². The van der Waals surface area contributed by atoms with Crippen molar-refractivity contribution in [3.05, 3.63) is 46.2 Å². The largest absolute Gasteiger partial charge is 0.336 e. The highest BCUT2D eigenvalue weighted by Gasteiger charge is 2.21. The maximum Gasteiger partial charge on any atom is 0.321 e. The van der Waals surface area contributed by atoms with Gasteiger partial charge in [0, 0.05) is 37.0 Å². The first kappa shape index (κ1) is 16.9. The average molecular weight is 348 g/mol. The van der Waals surface area contributed by atoms with Gasteiger partial charge in [-0.15, -0.1) is 11.3 Å². The smallest absolute Gasteiger partial charge is 0.321 e. The first-order chi connectivity index (χ1) is 11.5. The van der Waals surface area contributed by atoms with Crippen LogP contribution in [0.5, 0.6) is 0 Å². The van der Waals surface area contributed by atoms with Crippen molar-refractivity contribution in [2.45, 2.75) is 39.4 Å². The molecule has 0 radical (unpaired) electrons. The van der Waals surface area contributed by atoms with Crippen molar-refractivity contribution in [1.29, 1.82) is 0 Å². The van der Waals surface area contributed by atoms with E-state index in [0.717, 1.165) is 35.6 Å². The molecule has 0 aliphatic carbocycles. The molecule has 24 heavy (non-hydrogen) atoms. The summed E-state index contributed by atoms with van der Waals surface area (Å²) in [6.07, 6.45) is 0.842. The highest BCUT2D eigenvalue weighted by atomic mass is 32.1. The standard InChI is InChI=1S/C17H21FN4OS/c1-11(2)19-16(23)21-17-20-14-6-7-22(10-15(14)24-17)9-12-4-3-5-13(18)8-12/h3-5,8,11H,6-7,9-10H2,1-2H3,(H2,19,20,21,23). The van der Waals surface area contributed by atoms with Crippen LogP contribution in [0.3, 0.4) is 0 Å². The number of benzene rings is 1. The molecule has 1 aromatic heterocycles. The van der Waals surface area contributed by atoms with Crippen LogP contribution in [0.4, 0.5) is 14.3 Å². The number of hydrogen-bond donors (Lipinski definition) is 2. The van der Waals surface area contributed by atoms with Gasteiger partial charge in [0.25, 0.3) is 0 Å². The number of nitrogens with zero attached hydrogens (tertiary/aromatic N) is 2. The molecule has 0 fully saturated rings. The van der Waals surface area contributed by atoms with E-state index in [4.69, 9.17) is 0 Å². The van der Waals surface area contributed by atoms with Crippen molar-refractivity contribution in [2.75, 3.05) is 11.9 Å². The minimum Gasteiger partial charge on any atom is -0.336 e. The molecule has 0 unspecified atom stereocenters. The van der Waals surface area contributed by atoms with Gasteiger partial charge in [0.2, 0.25) is 0 Å². The van der Waals surface area contributed by atoms with E-state index in [1.807, 2.05) is 19.9 Å². The van der Waals surface area contributed by atoms with Crippen molar-refractivity contribution < 1.29 is 9.18 Å². The predicted molar refractivity (Wildman–Crippen MR) is 93.6 cm³/mol. The number of anilines is 1. The van der Waals surface area contributed by atoms with Crippen LogP contribution < -0.4 is 10.6 Å². The summed E-state index contributed by atoms with van der Waals surface area (Å²) in [4.78, 5) is 19.7. The van der Waals surface area contributed by atoms with Crippen molar-refractivity contribution >= 4 is 22.5 Å². The highest BCUT2D eigenvalue weighted by Crippen LogP contribution is 2.29. The Kier molecular flexibility index (Phi) is 5.11.